The summed E-state index contributed by atoms with van der Waals surface area (Å²) in [5, 5.41) is 20.1. The van der Waals surface area contributed by atoms with Gasteiger partial charge in [0.05, 0.1) is 12.1 Å². The lowest BCUT2D eigenvalue weighted by atomic mass is 9.92. The van der Waals surface area contributed by atoms with Crippen LogP contribution in [0.5, 0.6) is 0 Å². The van der Waals surface area contributed by atoms with Crippen molar-refractivity contribution in [2.75, 3.05) is 26.0 Å². The van der Waals surface area contributed by atoms with Crippen molar-refractivity contribution in [3.63, 3.8) is 0 Å². The lowest BCUT2D eigenvalue weighted by Gasteiger charge is -2.17. The summed E-state index contributed by atoms with van der Waals surface area (Å²) in [5.74, 6) is 0.223. The third kappa shape index (κ3) is 8.06. The van der Waals surface area contributed by atoms with Crippen molar-refractivity contribution in [2.45, 2.75) is 19.8 Å². The fourth-order valence-electron chi connectivity index (χ4n) is 3.32. The van der Waals surface area contributed by atoms with Crippen molar-refractivity contribution < 1.29 is 4.39 Å². The third-order valence-corrected chi connectivity index (χ3v) is 5.25. The molecule has 1 unspecified atom stereocenters. The number of pyridine rings is 1. The van der Waals surface area contributed by atoms with E-state index in [2.05, 4.69) is 31.3 Å². The standard InChI is InChI=1S/C28H30FN7/c1-5-21(14-30)12-24(17-32-3)25(18-33-4)19-34-10-11-35-28-27(13-22(15-31)16-36-28)20(2)23-6-8-26(29)9-7-23/h5-10,12-14,16-20,30H,11H2,1-4H3,(H,35,36)/b21-5-,24-12+,25-19+,30-14?,32-17?,33-18?,34-10?. The van der Waals surface area contributed by atoms with Gasteiger partial charge in [0.25, 0.3) is 0 Å². The number of rotatable bonds is 11. The third-order valence-electron chi connectivity index (χ3n) is 5.25. The molecule has 0 saturated carbocycles. The van der Waals surface area contributed by atoms with E-state index >= 15 is 0 Å². The Labute approximate surface area is 211 Å². The largest absolute Gasteiger partial charge is 0.365 e. The van der Waals surface area contributed by atoms with Crippen LogP contribution in [-0.4, -0.2) is 50.5 Å². The number of halogens is 1. The van der Waals surface area contributed by atoms with Crippen molar-refractivity contribution in [2.24, 2.45) is 15.0 Å². The van der Waals surface area contributed by atoms with E-state index in [1.165, 1.54) is 24.5 Å². The van der Waals surface area contributed by atoms with Gasteiger partial charge in [0.15, 0.2) is 0 Å². The number of nitriles is 1. The second-order valence-corrected chi connectivity index (χ2v) is 7.65. The fourth-order valence-corrected chi connectivity index (χ4v) is 3.32. The summed E-state index contributed by atoms with van der Waals surface area (Å²) in [5.41, 5.74) is 4.45. The number of allylic oxidation sites excluding steroid dienone is 5. The topological polar surface area (TPSA) is 110 Å². The van der Waals surface area contributed by atoms with Gasteiger partial charge in [-0.1, -0.05) is 25.1 Å². The highest BCUT2D eigenvalue weighted by Crippen LogP contribution is 2.29. The zero-order chi connectivity index (χ0) is 26.3. The van der Waals surface area contributed by atoms with E-state index in [9.17, 15) is 9.65 Å². The van der Waals surface area contributed by atoms with E-state index in [0.29, 0.717) is 17.9 Å². The maximum absolute atomic E-state index is 13.4. The zero-order valence-corrected chi connectivity index (χ0v) is 20.9. The molecule has 2 N–H and O–H groups in total. The molecule has 0 saturated heterocycles. The number of nitrogens with one attached hydrogen (secondary N) is 2. The summed E-state index contributed by atoms with van der Waals surface area (Å²) < 4.78 is 13.4. The molecule has 0 aliphatic rings. The summed E-state index contributed by atoms with van der Waals surface area (Å²) >= 11 is 0. The van der Waals surface area contributed by atoms with Crippen LogP contribution in [0.15, 0.2) is 86.6 Å². The first-order chi connectivity index (χ1) is 17.5. The molecule has 1 aromatic heterocycles. The summed E-state index contributed by atoms with van der Waals surface area (Å²) in [6, 6.07) is 10.2. The molecule has 7 nitrogen and oxygen atoms in total. The molecule has 2 rings (SSSR count). The van der Waals surface area contributed by atoms with E-state index in [1.807, 2.05) is 26.0 Å². The molecule has 1 aromatic carbocycles. The molecule has 0 spiro atoms. The molecule has 0 amide bonds. The normalized spacial score (nSPS) is 13.9. The van der Waals surface area contributed by atoms with Crippen molar-refractivity contribution in [3.8, 4) is 6.07 Å². The quantitative estimate of drug-likeness (QED) is 0.324. The van der Waals surface area contributed by atoms with Crippen LogP contribution >= 0.6 is 0 Å². The Kier molecular flexibility index (Phi) is 11.3. The summed E-state index contributed by atoms with van der Waals surface area (Å²) in [4.78, 5) is 17.0. The molecule has 1 atom stereocenters. The first-order valence-electron chi connectivity index (χ1n) is 11.3. The molecule has 36 heavy (non-hydrogen) atoms. The lowest BCUT2D eigenvalue weighted by Crippen LogP contribution is -2.10. The SMILES string of the molecule is C/C=C(C=N)/C=C(C=NC)/C(C=NC)=C/N=CCNc1ncc(C#N)cc1C(C)c1ccc(F)cc1. The van der Waals surface area contributed by atoms with Crippen molar-refractivity contribution in [1.29, 1.82) is 10.7 Å². The van der Waals surface area contributed by atoms with Gasteiger partial charge in [0, 0.05) is 74.0 Å². The Morgan fingerprint density at radius 1 is 1.19 bits per heavy atom. The molecule has 0 aliphatic heterocycles. The molecule has 0 aliphatic carbocycles. The molecule has 184 valence electrons. The Morgan fingerprint density at radius 2 is 1.89 bits per heavy atom. The average molecular weight is 484 g/mol. The lowest BCUT2D eigenvalue weighted by molar-refractivity contribution is 0.626. The number of aromatic nitrogens is 1. The summed E-state index contributed by atoms with van der Waals surface area (Å²) in [6.45, 7) is 4.23. The van der Waals surface area contributed by atoms with Gasteiger partial charge < -0.3 is 10.7 Å². The van der Waals surface area contributed by atoms with Crippen molar-refractivity contribution in [3.05, 3.63) is 94.1 Å². The van der Waals surface area contributed by atoms with Crippen molar-refractivity contribution in [1.82, 2.24) is 4.98 Å². The van der Waals surface area contributed by atoms with Gasteiger partial charge in [0.2, 0.25) is 0 Å². The molecular weight excluding hydrogens is 453 g/mol. The smallest absolute Gasteiger partial charge is 0.130 e. The number of nitrogens with zero attached hydrogens (tertiary/aromatic N) is 5. The second kappa shape index (κ2) is 14.7. The molecular formula is C28H30FN7. The van der Waals surface area contributed by atoms with Crippen molar-refractivity contribution >= 4 is 30.7 Å². The summed E-state index contributed by atoms with van der Waals surface area (Å²) in [7, 11) is 3.35. The minimum atomic E-state index is -0.298. The highest BCUT2D eigenvalue weighted by Gasteiger charge is 2.15. The highest BCUT2D eigenvalue weighted by molar-refractivity contribution is 6.00. The van der Waals surface area contributed by atoms with Gasteiger partial charge in [-0.15, -0.1) is 0 Å². The summed E-state index contributed by atoms with van der Waals surface area (Å²) in [6.07, 6.45) is 13.2. The predicted molar refractivity (Wildman–Crippen MR) is 147 cm³/mol. The fraction of sp³-hybridized carbons (Fsp3) is 0.214. The van der Waals surface area contributed by atoms with E-state index < -0.39 is 0 Å². The first kappa shape index (κ1) is 27.7. The maximum atomic E-state index is 13.4. The van der Waals surface area contributed by atoms with E-state index in [4.69, 9.17) is 5.41 Å². The molecule has 2 aromatic rings. The first-order valence-corrected chi connectivity index (χ1v) is 11.3. The van der Waals surface area contributed by atoms with Crippen LogP contribution in [0.1, 0.15) is 36.5 Å². The van der Waals surface area contributed by atoms with E-state index in [0.717, 1.165) is 27.8 Å². The van der Waals surface area contributed by atoms with Gasteiger partial charge >= 0.3 is 0 Å². The van der Waals surface area contributed by atoms with Gasteiger partial charge in [-0.05, 0) is 42.3 Å². The van der Waals surface area contributed by atoms with Gasteiger partial charge in [-0.3, -0.25) is 15.0 Å². The zero-order valence-electron chi connectivity index (χ0n) is 20.9. The molecule has 8 heteroatoms. The van der Waals surface area contributed by atoms with Crippen LogP contribution < -0.4 is 5.32 Å². The van der Waals surface area contributed by atoms with Crippen LogP contribution in [0.4, 0.5) is 10.2 Å². The highest BCUT2D eigenvalue weighted by atomic mass is 19.1. The van der Waals surface area contributed by atoms with Gasteiger partial charge in [-0.2, -0.15) is 5.26 Å². The Morgan fingerprint density at radius 3 is 2.50 bits per heavy atom. The monoisotopic (exact) mass is 483 g/mol. The minimum absolute atomic E-state index is 0.103. The van der Waals surface area contributed by atoms with Gasteiger partial charge in [0.1, 0.15) is 17.7 Å². The Bertz CT molecular complexity index is 1260. The number of aliphatic imine (C=N–C) groups is 3. The second-order valence-electron chi connectivity index (χ2n) is 7.65. The number of hydrogen-bond donors (Lipinski definition) is 2. The van der Waals surface area contributed by atoms with Crippen LogP contribution in [0.3, 0.4) is 0 Å². The van der Waals surface area contributed by atoms with Crippen LogP contribution in [0, 0.1) is 22.6 Å². The Hall–Kier alpha value is -4.51. The van der Waals surface area contributed by atoms with Crippen LogP contribution in [0.25, 0.3) is 0 Å². The predicted octanol–water partition coefficient (Wildman–Crippen LogP) is 5.53. The molecule has 0 radical (unpaired) electrons. The molecule has 0 bridgehead atoms. The average Bonchev–Trinajstić information content (AvgIpc) is 2.90. The van der Waals surface area contributed by atoms with Crippen LogP contribution in [-0.2, 0) is 0 Å². The number of hydrogen-bond acceptors (Lipinski definition) is 7. The minimum Gasteiger partial charge on any atom is -0.365 e. The van der Waals surface area contributed by atoms with Gasteiger partial charge in [-0.25, -0.2) is 9.37 Å². The van der Waals surface area contributed by atoms with E-state index in [1.54, 1.807) is 57.1 Å². The Balaban J connectivity index is 2.26. The number of benzene rings is 1. The molecule has 0 fully saturated rings. The molecule has 1 heterocycles. The van der Waals surface area contributed by atoms with Crippen LogP contribution in [0.2, 0.25) is 0 Å². The maximum Gasteiger partial charge on any atom is 0.130 e. The number of anilines is 1. The van der Waals surface area contributed by atoms with E-state index in [-0.39, 0.29) is 11.7 Å².